The SMILES string of the molecule is CCC(C)(C)NCCSCC(C)C. The molecule has 0 fully saturated rings. The maximum Gasteiger partial charge on any atom is 0.0122 e. The Balaban J connectivity index is 3.26. The first-order chi connectivity index (χ1) is 5.98. The molecule has 0 bridgehead atoms. The van der Waals surface area contributed by atoms with Crippen molar-refractivity contribution in [1.29, 1.82) is 0 Å². The molecule has 0 aliphatic heterocycles. The van der Waals surface area contributed by atoms with Gasteiger partial charge in [-0.15, -0.1) is 0 Å². The molecule has 0 saturated carbocycles. The molecule has 0 aromatic carbocycles. The molecular weight excluding hydrogens is 178 g/mol. The monoisotopic (exact) mass is 203 g/mol. The van der Waals surface area contributed by atoms with Crippen LogP contribution in [0.4, 0.5) is 0 Å². The standard InChI is InChI=1S/C11H25NS/c1-6-11(4,5)12-7-8-13-9-10(2)3/h10,12H,6-9H2,1-5H3. The molecule has 0 unspecified atom stereocenters. The molecule has 0 heterocycles. The lowest BCUT2D eigenvalue weighted by atomic mass is 10.0. The Morgan fingerprint density at radius 3 is 2.38 bits per heavy atom. The maximum absolute atomic E-state index is 3.56. The molecule has 0 rings (SSSR count). The predicted octanol–water partition coefficient (Wildman–Crippen LogP) is 3.15. The fraction of sp³-hybridized carbons (Fsp3) is 1.00. The number of rotatable bonds is 7. The third kappa shape index (κ3) is 8.63. The van der Waals surface area contributed by atoms with Crippen molar-refractivity contribution in [3.8, 4) is 0 Å². The van der Waals surface area contributed by atoms with Crippen molar-refractivity contribution in [2.75, 3.05) is 18.1 Å². The van der Waals surface area contributed by atoms with Crippen LogP contribution in [0.15, 0.2) is 0 Å². The third-order valence-electron chi connectivity index (χ3n) is 2.19. The highest BCUT2D eigenvalue weighted by Gasteiger charge is 2.12. The summed E-state index contributed by atoms with van der Waals surface area (Å²) in [5.74, 6) is 3.35. The largest absolute Gasteiger partial charge is 0.311 e. The number of hydrogen-bond donors (Lipinski definition) is 1. The maximum atomic E-state index is 3.56. The summed E-state index contributed by atoms with van der Waals surface area (Å²) in [7, 11) is 0. The summed E-state index contributed by atoms with van der Waals surface area (Å²) in [6, 6.07) is 0. The lowest BCUT2D eigenvalue weighted by Gasteiger charge is -2.24. The number of hydrogen-bond acceptors (Lipinski definition) is 2. The molecule has 0 aliphatic carbocycles. The topological polar surface area (TPSA) is 12.0 Å². The highest BCUT2D eigenvalue weighted by atomic mass is 32.2. The Kier molecular flexibility index (Phi) is 6.88. The van der Waals surface area contributed by atoms with Crippen LogP contribution < -0.4 is 5.32 Å². The van der Waals surface area contributed by atoms with Crippen LogP contribution in [-0.2, 0) is 0 Å². The van der Waals surface area contributed by atoms with Gasteiger partial charge in [0.25, 0.3) is 0 Å². The van der Waals surface area contributed by atoms with Gasteiger partial charge in [0, 0.05) is 17.8 Å². The molecule has 0 aromatic rings. The van der Waals surface area contributed by atoms with Crippen LogP contribution in [0, 0.1) is 5.92 Å². The van der Waals surface area contributed by atoms with Crippen molar-refractivity contribution in [2.45, 2.75) is 46.6 Å². The van der Waals surface area contributed by atoms with Gasteiger partial charge < -0.3 is 5.32 Å². The first-order valence-corrected chi connectivity index (χ1v) is 6.46. The van der Waals surface area contributed by atoms with E-state index in [2.05, 4.69) is 51.7 Å². The fourth-order valence-electron chi connectivity index (χ4n) is 0.906. The molecule has 0 amide bonds. The van der Waals surface area contributed by atoms with Gasteiger partial charge in [-0.2, -0.15) is 11.8 Å². The van der Waals surface area contributed by atoms with Crippen molar-refractivity contribution in [3.05, 3.63) is 0 Å². The zero-order valence-corrected chi connectivity index (χ0v) is 10.6. The van der Waals surface area contributed by atoms with Crippen molar-refractivity contribution in [1.82, 2.24) is 5.32 Å². The molecule has 1 N–H and O–H groups in total. The van der Waals surface area contributed by atoms with Gasteiger partial charge in [-0.05, 0) is 31.9 Å². The minimum Gasteiger partial charge on any atom is -0.311 e. The first kappa shape index (κ1) is 13.3. The lowest BCUT2D eigenvalue weighted by Crippen LogP contribution is -2.39. The molecule has 0 aromatic heterocycles. The minimum absolute atomic E-state index is 0.318. The summed E-state index contributed by atoms with van der Waals surface area (Å²) in [5, 5.41) is 3.56. The summed E-state index contributed by atoms with van der Waals surface area (Å²) in [5.41, 5.74) is 0.318. The number of nitrogens with one attached hydrogen (secondary N) is 1. The van der Waals surface area contributed by atoms with E-state index in [9.17, 15) is 0 Å². The molecule has 2 heteroatoms. The zero-order valence-electron chi connectivity index (χ0n) is 9.81. The Labute approximate surface area is 88.1 Å². The Morgan fingerprint density at radius 1 is 1.31 bits per heavy atom. The van der Waals surface area contributed by atoms with Crippen LogP contribution in [0.3, 0.4) is 0 Å². The molecule has 0 atom stereocenters. The first-order valence-electron chi connectivity index (χ1n) is 5.30. The highest BCUT2D eigenvalue weighted by molar-refractivity contribution is 7.99. The summed E-state index contributed by atoms with van der Waals surface area (Å²) in [6.07, 6.45) is 1.20. The van der Waals surface area contributed by atoms with E-state index in [1.54, 1.807) is 0 Å². The van der Waals surface area contributed by atoms with E-state index in [0.717, 1.165) is 12.5 Å². The molecule has 80 valence electrons. The van der Waals surface area contributed by atoms with Crippen LogP contribution in [0.25, 0.3) is 0 Å². The molecule has 1 nitrogen and oxygen atoms in total. The van der Waals surface area contributed by atoms with Gasteiger partial charge in [0.05, 0.1) is 0 Å². The average molecular weight is 203 g/mol. The zero-order chi connectivity index (χ0) is 10.3. The van der Waals surface area contributed by atoms with Crippen LogP contribution in [0.2, 0.25) is 0 Å². The van der Waals surface area contributed by atoms with Crippen molar-refractivity contribution < 1.29 is 0 Å². The van der Waals surface area contributed by atoms with Gasteiger partial charge >= 0.3 is 0 Å². The number of thioether (sulfide) groups is 1. The summed E-state index contributed by atoms with van der Waals surface area (Å²) in [4.78, 5) is 0. The lowest BCUT2D eigenvalue weighted by molar-refractivity contribution is 0.388. The second kappa shape index (κ2) is 6.72. The Bertz CT molecular complexity index is 121. The van der Waals surface area contributed by atoms with E-state index in [1.807, 2.05) is 0 Å². The van der Waals surface area contributed by atoms with E-state index in [0.29, 0.717) is 5.54 Å². The second-order valence-electron chi connectivity index (χ2n) is 4.63. The van der Waals surface area contributed by atoms with Crippen molar-refractivity contribution in [2.24, 2.45) is 5.92 Å². The Morgan fingerprint density at radius 2 is 1.92 bits per heavy atom. The molecule has 13 heavy (non-hydrogen) atoms. The van der Waals surface area contributed by atoms with Gasteiger partial charge in [-0.3, -0.25) is 0 Å². The van der Waals surface area contributed by atoms with E-state index >= 15 is 0 Å². The predicted molar refractivity (Wildman–Crippen MR) is 64.5 cm³/mol. The fourth-order valence-corrected chi connectivity index (χ4v) is 1.79. The van der Waals surface area contributed by atoms with E-state index in [-0.39, 0.29) is 0 Å². The van der Waals surface area contributed by atoms with Gasteiger partial charge in [0.1, 0.15) is 0 Å². The van der Waals surface area contributed by atoms with Crippen molar-refractivity contribution >= 4 is 11.8 Å². The van der Waals surface area contributed by atoms with Crippen LogP contribution in [-0.4, -0.2) is 23.6 Å². The van der Waals surface area contributed by atoms with Crippen LogP contribution in [0.1, 0.15) is 41.0 Å². The third-order valence-corrected chi connectivity index (χ3v) is 3.58. The summed E-state index contributed by atoms with van der Waals surface area (Å²) in [6.45, 7) is 12.4. The van der Waals surface area contributed by atoms with E-state index in [1.165, 1.54) is 17.9 Å². The minimum atomic E-state index is 0.318. The van der Waals surface area contributed by atoms with Gasteiger partial charge in [0.2, 0.25) is 0 Å². The van der Waals surface area contributed by atoms with E-state index < -0.39 is 0 Å². The highest BCUT2D eigenvalue weighted by Crippen LogP contribution is 2.09. The van der Waals surface area contributed by atoms with Gasteiger partial charge in [-0.1, -0.05) is 20.8 Å². The molecule has 0 saturated heterocycles. The summed E-state index contributed by atoms with van der Waals surface area (Å²) < 4.78 is 0. The van der Waals surface area contributed by atoms with Gasteiger partial charge in [-0.25, -0.2) is 0 Å². The summed E-state index contributed by atoms with van der Waals surface area (Å²) >= 11 is 2.05. The molecule has 0 radical (unpaired) electrons. The smallest absolute Gasteiger partial charge is 0.0122 e. The van der Waals surface area contributed by atoms with Crippen LogP contribution >= 0.6 is 11.8 Å². The molecule has 0 aliphatic rings. The normalized spacial score (nSPS) is 12.5. The van der Waals surface area contributed by atoms with Crippen LogP contribution in [0.5, 0.6) is 0 Å². The average Bonchev–Trinajstić information content (AvgIpc) is 2.03. The molecule has 0 spiro atoms. The Hall–Kier alpha value is 0.310. The van der Waals surface area contributed by atoms with E-state index in [4.69, 9.17) is 0 Å². The van der Waals surface area contributed by atoms with Gasteiger partial charge in [0.15, 0.2) is 0 Å². The second-order valence-corrected chi connectivity index (χ2v) is 5.78. The van der Waals surface area contributed by atoms with Crippen molar-refractivity contribution in [3.63, 3.8) is 0 Å². The quantitative estimate of drug-likeness (QED) is 0.638. The molecular formula is C11H25NS.